The summed E-state index contributed by atoms with van der Waals surface area (Å²) in [7, 11) is 0. The van der Waals surface area contributed by atoms with Crippen LogP contribution in [0.1, 0.15) is 24.3 Å². The Morgan fingerprint density at radius 2 is 1.96 bits per heavy atom. The first-order valence-electron chi connectivity index (χ1n) is 8.97. The first-order valence-corrected chi connectivity index (χ1v) is 10.2. The van der Waals surface area contributed by atoms with E-state index < -0.39 is 0 Å². The molecule has 2 aromatic heterocycles. The summed E-state index contributed by atoms with van der Waals surface area (Å²) in [6.07, 6.45) is 5.10. The summed E-state index contributed by atoms with van der Waals surface area (Å²) in [6.45, 7) is 0.831. The van der Waals surface area contributed by atoms with Crippen molar-refractivity contribution in [1.82, 2.24) is 9.97 Å². The van der Waals surface area contributed by atoms with Gasteiger partial charge in [-0.2, -0.15) is 0 Å². The molecule has 28 heavy (non-hydrogen) atoms. The molecule has 0 spiro atoms. The molecule has 1 atom stereocenters. The maximum absolute atomic E-state index is 13.3. The molecule has 5 rings (SSSR count). The van der Waals surface area contributed by atoms with E-state index in [-0.39, 0.29) is 18.6 Å². The Hall–Kier alpha value is -2.64. The topological polar surface area (TPSA) is 64.6 Å². The molecule has 2 aliphatic rings. The van der Waals surface area contributed by atoms with Crippen molar-refractivity contribution < 1.29 is 14.3 Å². The first-order chi connectivity index (χ1) is 13.7. The van der Waals surface area contributed by atoms with E-state index in [1.807, 2.05) is 23.6 Å². The predicted molar refractivity (Wildman–Crippen MR) is 107 cm³/mol. The van der Waals surface area contributed by atoms with Gasteiger partial charge in [-0.05, 0) is 36.6 Å². The number of benzene rings is 1. The monoisotopic (exact) mass is 413 g/mol. The number of fused-ring (bicyclic) bond motifs is 1. The third-order valence-corrected chi connectivity index (χ3v) is 6.20. The molecule has 0 aliphatic carbocycles. The van der Waals surface area contributed by atoms with Crippen molar-refractivity contribution in [1.29, 1.82) is 0 Å². The second-order valence-corrected chi connectivity index (χ2v) is 7.91. The van der Waals surface area contributed by atoms with Crippen LogP contribution in [0.5, 0.6) is 11.5 Å². The molecule has 8 heteroatoms. The Balaban J connectivity index is 1.44. The van der Waals surface area contributed by atoms with Crippen molar-refractivity contribution in [3.05, 3.63) is 52.6 Å². The number of anilines is 1. The third-order valence-electron chi connectivity index (χ3n) is 5.01. The molecule has 1 fully saturated rings. The lowest BCUT2D eigenvalue weighted by atomic mass is 9.89. The summed E-state index contributed by atoms with van der Waals surface area (Å²) >= 11 is 7.93. The SMILES string of the molecule is O=C1C(c2cc3c(cc2Cl)OCO3)CCCN1c1nc(-c2ccncc2)cs1. The van der Waals surface area contributed by atoms with Crippen LogP contribution in [0.2, 0.25) is 5.02 Å². The van der Waals surface area contributed by atoms with Gasteiger partial charge in [0.1, 0.15) is 0 Å². The number of rotatable bonds is 3. The lowest BCUT2D eigenvalue weighted by molar-refractivity contribution is -0.121. The molecule has 0 N–H and O–H groups in total. The molecule has 1 saturated heterocycles. The zero-order chi connectivity index (χ0) is 19.1. The molecular weight excluding hydrogens is 398 g/mol. The summed E-state index contributed by atoms with van der Waals surface area (Å²) < 4.78 is 10.8. The zero-order valence-electron chi connectivity index (χ0n) is 14.8. The fraction of sp³-hybridized carbons (Fsp3) is 0.250. The van der Waals surface area contributed by atoms with Crippen molar-refractivity contribution in [2.45, 2.75) is 18.8 Å². The van der Waals surface area contributed by atoms with Crippen LogP contribution in [0, 0.1) is 0 Å². The maximum Gasteiger partial charge on any atom is 0.236 e. The van der Waals surface area contributed by atoms with Crippen LogP contribution in [0.3, 0.4) is 0 Å². The van der Waals surface area contributed by atoms with E-state index in [2.05, 4.69) is 9.97 Å². The van der Waals surface area contributed by atoms with E-state index in [9.17, 15) is 4.79 Å². The molecule has 6 nitrogen and oxygen atoms in total. The minimum atomic E-state index is -0.316. The molecule has 1 aromatic carbocycles. The minimum Gasteiger partial charge on any atom is -0.454 e. The van der Waals surface area contributed by atoms with Gasteiger partial charge in [0, 0.05) is 41.0 Å². The number of amides is 1. The highest BCUT2D eigenvalue weighted by atomic mass is 35.5. The Bertz CT molecular complexity index is 1040. The van der Waals surface area contributed by atoms with Crippen molar-refractivity contribution in [2.24, 2.45) is 0 Å². The maximum atomic E-state index is 13.3. The standard InChI is InChI=1S/C20H16ClN3O3S/c21-15-9-18-17(26-11-27-18)8-14(15)13-2-1-7-24(19(13)25)20-23-16(10-28-20)12-3-5-22-6-4-12/h3-6,8-10,13H,1-2,7,11H2. The number of carbonyl (C=O) groups is 1. The van der Waals surface area contributed by atoms with Gasteiger partial charge in [-0.15, -0.1) is 11.3 Å². The van der Waals surface area contributed by atoms with Crippen molar-refractivity contribution in [3.8, 4) is 22.8 Å². The number of halogens is 1. The summed E-state index contributed by atoms with van der Waals surface area (Å²) in [6, 6.07) is 7.38. The molecule has 142 valence electrons. The number of hydrogen-bond donors (Lipinski definition) is 0. The van der Waals surface area contributed by atoms with E-state index in [1.54, 1.807) is 23.4 Å². The van der Waals surface area contributed by atoms with Crippen LogP contribution in [-0.4, -0.2) is 29.2 Å². The molecule has 1 amide bonds. The molecule has 3 aromatic rings. The third kappa shape index (κ3) is 3.00. The molecule has 0 saturated carbocycles. The Morgan fingerprint density at radius 3 is 2.79 bits per heavy atom. The van der Waals surface area contributed by atoms with E-state index >= 15 is 0 Å². The number of carbonyl (C=O) groups excluding carboxylic acids is 1. The lowest BCUT2D eigenvalue weighted by Crippen LogP contribution is -2.40. The van der Waals surface area contributed by atoms with Gasteiger partial charge in [0.05, 0.1) is 11.6 Å². The van der Waals surface area contributed by atoms with Crippen LogP contribution in [0.4, 0.5) is 5.13 Å². The molecule has 0 radical (unpaired) electrons. The highest BCUT2D eigenvalue weighted by Crippen LogP contribution is 2.42. The number of nitrogens with zero attached hydrogens (tertiary/aromatic N) is 3. The summed E-state index contributed by atoms with van der Waals surface area (Å²) in [5.74, 6) is 0.959. The van der Waals surface area contributed by atoms with E-state index in [1.165, 1.54) is 11.3 Å². The summed E-state index contributed by atoms with van der Waals surface area (Å²) in [5.41, 5.74) is 2.61. The van der Waals surface area contributed by atoms with Gasteiger partial charge < -0.3 is 9.47 Å². The minimum absolute atomic E-state index is 0.0163. The molecular formula is C20H16ClN3O3S. The van der Waals surface area contributed by atoms with E-state index in [4.69, 9.17) is 21.1 Å². The van der Waals surface area contributed by atoms with Gasteiger partial charge in [-0.1, -0.05) is 11.6 Å². The van der Waals surface area contributed by atoms with Gasteiger partial charge in [0.2, 0.25) is 12.7 Å². The zero-order valence-corrected chi connectivity index (χ0v) is 16.4. The van der Waals surface area contributed by atoms with Gasteiger partial charge in [0.25, 0.3) is 0 Å². The van der Waals surface area contributed by atoms with Crippen LogP contribution < -0.4 is 14.4 Å². The first kappa shape index (κ1) is 17.5. The number of piperidine rings is 1. The smallest absolute Gasteiger partial charge is 0.236 e. The van der Waals surface area contributed by atoms with E-state index in [0.717, 1.165) is 29.7 Å². The van der Waals surface area contributed by atoms with Crippen LogP contribution in [0.15, 0.2) is 42.0 Å². The van der Waals surface area contributed by atoms with Gasteiger partial charge in [0.15, 0.2) is 16.6 Å². The van der Waals surface area contributed by atoms with Crippen LogP contribution in [0.25, 0.3) is 11.3 Å². The van der Waals surface area contributed by atoms with E-state index in [0.29, 0.717) is 28.2 Å². The highest BCUT2D eigenvalue weighted by molar-refractivity contribution is 7.14. The number of thiazole rings is 1. The summed E-state index contributed by atoms with van der Waals surface area (Å²) in [4.78, 5) is 23.8. The van der Waals surface area contributed by atoms with Gasteiger partial charge >= 0.3 is 0 Å². The lowest BCUT2D eigenvalue weighted by Gasteiger charge is -2.31. The molecule has 0 bridgehead atoms. The Labute approximate surface area is 170 Å². The Kier molecular flexibility index (Phi) is 4.41. The Morgan fingerprint density at radius 1 is 1.18 bits per heavy atom. The van der Waals surface area contributed by atoms with Crippen molar-refractivity contribution in [3.63, 3.8) is 0 Å². The van der Waals surface area contributed by atoms with Crippen LogP contribution in [-0.2, 0) is 4.79 Å². The molecule has 2 aliphatic heterocycles. The van der Waals surface area contributed by atoms with Gasteiger partial charge in [-0.3, -0.25) is 14.7 Å². The quantitative estimate of drug-likeness (QED) is 0.632. The average molecular weight is 414 g/mol. The van der Waals surface area contributed by atoms with Crippen molar-refractivity contribution in [2.75, 3.05) is 18.2 Å². The predicted octanol–water partition coefficient (Wildman–Crippen LogP) is 4.50. The average Bonchev–Trinajstić information content (AvgIpc) is 3.38. The number of ether oxygens (including phenoxy) is 2. The van der Waals surface area contributed by atoms with Crippen LogP contribution >= 0.6 is 22.9 Å². The molecule has 1 unspecified atom stereocenters. The highest BCUT2D eigenvalue weighted by Gasteiger charge is 2.34. The summed E-state index contributed by atoms with van der Waals surface area (Å²) in [5, 5.41) is 3.20. The molecule has 4 heterocycles. The van der Waals surface area contributed by atoms with Gasteiger partial charge in [-0.25, -0.2) is 4.98 Å². The number of pyridine rings is 1. The fourth-order valence-corrected chi connectivity index (χ4v) is 4.75. The second kappa shape index (κ2) is 7.07. The largest absolute Gasteiger partial charge is 0.454 e. The number of hydrogen-bond acceptors (Lipinski definition) is 6. The normalized spacial score (nSPS) is 18.5. The second-order valence-electron chi connectivity index (χ2n) is 6.66. The number of aromatic nitrogens is 2. The fourth-order valence-electron chi connectivity index (χ4n) is 3.60. The van der Waals surface area contributed by atoms with Crippen molar-refractivity contribution >= 4 is 34.0 Å².